The first-order chi connectivity index (χ1) is 6.04. The molecule has 1 fully saturated rings. The van der Waals surface area contributed by atoms with Gasteiger partial charge in [0, 0.05) is 32.2 Å². The molecule has 1 unspecified atom stereocenters. The highest BCUT2D eigenvalue weighted by Gasteiger charge is 2.28. The SMILES string of the molecule is C=CCN1CCNC(C(C)(C)C)C1. The smallest absolute Gasteiger partial charge is 0.0244 e. The predicted octanol–water partition coefficient (Wildman–Crippen LogP) is 1.49. The van der Waals surface area contributed by atoms with Crippen LogP contribution in [0.2, 0.25) is 0 Å². The van der Waals surface area contributed by atoms with E-state index in [1.807, 2.05) is 6.08 Å². The standard InChI is InChI=1S/C11H22N2/c1-5-7-13-8-6-12-10(9-13)11(2,3)4/h5,10,12H,1,6-9H2,2-4H3. The summed E-state index contributed by atoms with van der Waals surface area (Å²) in [5.74, 6) is 0. The Kier molecular flexibility index (Phi) is 3.51. The lowest BCUT2D eigenvalue weighted by atomic mass is 9.85. The molecule has 0 aromatic rings. The highest BCUT2D eigenvalue weighted by Crippen LogP contribution is 2.21. The van der Waals surface area contributed by atoms with Crippen molar-refractivity contribution in [2.24, 2.45) is 5.41 Å². The van der Waals surface area contributed by atoms with Gasteiger partial charge in [0.15, 0.2) is 0 Å². The molecule has 1 N–H and O–H groups in total. The molecule has 1 atom stereocenters. The van der Waals surface area contributed by atoms with Gasteiger partial charge >= 0.3 is 0 Å². The van der Waals surface area contributed by atoms with Gasteiger partial charge in [-0.05, 0) is 5.41 Å². The maximum atomic E-state index is 3.78. The van der Waals surface area contributed by atoms with E-state index in [2.05, 4.69) is 37.6 Å². The van der Waals surface area contributed by atoms with E-state index in [0.29, 0.717) is 11.5 Å². The van der Waals surface area contributed by atoms with Crippen molar-refractivity contribution in [3.8, 4) is 0 Å². The highest BCUT2D eigenvalue weighted by molar-refractivity contribution is 4.89. The van der Waals surface area contributed by atoms with E-state index >= 15 is 0 Å². The van der Waals surface area contributed by atoms with Crippen LogP contribution in [-0.4, -0.2) is 37.1 Å². The van der Waals surface area contributed by atoms with Crippen LogP contribution in [0.1, 0.15) is 20.8 Å². The van der Waals surface area contributed by atoms with E-state index in [-0.39, 0.29) is 0 Å². The molecule has 1 heterocycles. The molecule has 0 spiro atoms. The second-order valence-electron chi connectivity index (χ2n) is 4.92. The lowest BCUT2D eigenvalue weighted by molar-refractivity contribution is 0.144. The van der Waals surface area contributed by atoms with Crippen molar-refractivity contribution in [2.75, 3.05) is 26.2 Å². The molecule has 0 radical (unpaired) electrons. The number of hydrogen-bond acceptors (Lipinski definition) is 2. The van der Waals surface area contributed by atoms with Gasteiger partial charge in [-0.3, -0.25) is 4.90 Å². The Morgan fingerprint density at radius 2 is 2.23 bits per heavy atom. The largest absolute Gasteiger partial charge is 0.311 e. The first-order valence-electron chi connectivity index (χ1n) is 5.10. The van der Waals surface area contributed by atoms with Gasteiger partial charge in [0.2, 0.25) is 0 Å². The fourth-order valence-corrected chi connectivity index (χ4v) is 1.74. The van der Waals surface area contributed by atoms with Crippen molar-refractivity contribution in [1.29, 1.82) is 0 Å². The first kappa shape index (κ1) is 10.7. The topological polar surface area (TPSA) is 15.3 Å². The molecule has 0 saturated carbocycles. The third-order valence-electron chi connectivity index (χ3n) is 2.69. The number of rotatable bonds is 2. The second-order valence-corrected chi connectivity index (χ2v) is 4.92. The van der Waals surface area contributed by atoms with Crippen LogP contribution in [0.3, 0.4) is 0 Å². The molecule has 1 aliphatic heterocycles. The molecule has 76 valence electrons. The summed E-state index contributed by atoms with van der Waals surface area (Å²) in [7, 11) is 0. The van der Waals surface area contributed by atoms with Crippen LogP contribution in [0.4, 0.5) is 0 Å². The number of nitrogens with zero attached hydrogens (tertiary/aromatic N) is 1. The van der Waals surface area contributed by atoms with E-state index in [0.717, 1.165) is 26.2 Å². The molecule has 1 rings (SSSR count). The molecule has 1 saturated heterocycles. The summed E-state index contributed by atoms with van der Waals surface area (Å²) in [6.07, 6.45) is 1.99. The average Bonchev–Trinajstić information content (AvgIpc) is 2.04. The van der Waals surface area contributed by atoms with Gasteiger partial charge in [-0.15, -0.1) is 6.58 Å². The summed E-state index contributed by atoms with van der Waals surface area (Å²) in [4.78, 5) is 2.46. The fourth-order valence-electron chi connectivity index (χ4n) is 1.74. The molecule has 1 aliphatic rings. The van der Waals surface area contributed by atoms with Crippen molar-refractivity contribution in [1.82, 2.24) is 10.2 Å². The first-order valence-corrected chi connectivity index (χ1v) is 5.10. The number of piperazine rings is 1. The molecule has 0 amide bonds. The molecule has 13 heavy (non-hydrogen) atoms. The average molecular weight is 182 g/mol. The van der Waals surface area contributed by atoms with Gasteiger partial charge in [0.1, 0.15) is 0 Å². The van der Waals surface area contributed by atoms with Crippen molar-refractivity contribution < 1.29 is 0 Å². The maximum Gasteiger partial charge on any atom is 0.0244 e. The zero-order valence-electron chi connectivity index (χ0n) is 9.14. The summed E-state index contributed by atoms with van der Waals surface area (Å²) >= 11 is 0. The highest BCUT2D eigenvalue weighted by atomic mass is 15.2. The second kappa shape index (κ2) is 4.25. The van der Waals surface area contributed by atoms with Gasteiger partial charge in [-0.1, -0.05) is 26.8 Å². The van der Waals surface area contributed by atoms with Crippen LogP contribution in [0.5, 0.6) is 0 Å². The van der Waals surface area contributed by atoms with Crippen molar-refractivity contribution in [2.45, 2.75) is 26.8 Å². The van der Waals surface area contributed by atoms with Crippen LogP contribution in [0.25, 0.3) is 0 Å². The van der Waals surface area contributed by atoms with E-state index in [1.54, 1.807) is 0 Å². The van der Waals surface area contributed by atoms with E-state index < -0.39 is 0 Å². The molecule has 0 aromatic carbocycles. The molecule has 2 heteroatoms. The molecule has 0 aliphatic carbocycles. The minimum atomic E-state index is 0.361. The Labute approximate surface area is 82.0 Å². The maximum absolute atomic E-state index is 3.78. The van der Waals surface area contributed by atoms with Gasteiger partial charge in [-0.2, -0.15) is 0 Å². The number of nitrogens with one attached hydrogen (secondary N) is 1. The van der Waals surface area contributed by atoms with Crippen LogP contribution in [-0.2, 0) is 0 Å². The predicted molar refractivity (Wildman–Crippen MR) is 57.9 cm³/mol. The molecular weight excluding hydrogens is 160 g/mol. The van der Waals surface area contributed by atoms with Gasteiger partial charge < -0.3 is 5.32 Å². The Hall–Kier alpha value is -0.340. The Bertz CT molecular complexity index is 169. The minimum Gasteiger partial charge on any atom is -0.311 e. The summed E-state index contributed by atoms with van der Waals surface area (Å²) in [5.41, 5.74) is 0.361. The Morgan fingerprint density at radius 3 is 2.77 bits per heavy atom. The fraction of sp³-hybridized carbons (Fsp3) is 0.818. The third kappa shape index (κ3) is 3.12. The van der Waals surface area contributed by atoms with Crippen LogP contribution in [0.15, 0.2) is 12.7 Å². The third-order valence-corrected chi connectivity index (χ3v) is 2.69. The Morgan fingerprint density at radius 1 is 1.54 bits per heavy atom. The zero-order valence-corrected chi connectivity index (χ0v) is 9.14. The van der Waals surface area contributed by atoms with Crippen LogP contribution >= 0.6 is 0 Å². The van der Waals surface area contributed by atoms with E-state index in [4.69, 9.17) is 0 Å². The van der Waals surface area contributed by atoms with Crippen molar-refractivity contribution in [3.05, 3.63) is 12.7 Å². The monoisotopic (exact) mass is 182 g/mol. The van der Waals surface area contributed by atoms with Crippen LogP contribution in [0, 0.1) is 5.41 Å². The molecule has 2 nitrogen and oxygen atoms in total. The summed E-state index contributed by atoms with van der Waals surface area (Å²) < 4.78 is 0. The van der Waals surface area contributed by atoms with Crippen LogP contribution < -0.4 is 5.32 Å². The minimum absolute atomic E-state index is 0.361. The summed E-state index contributed by atoms with van der Waals surface area (Å²) in [5, 5.41) is 3.57. The summed E-state index contributed by atoms with van der Waals surface area (Å²) in [6, 6.07) is 0.612. The summed E-state index contributed by atoms with van der Waals surface area (Å²) in [6.45, 7) is 15.1. The Balaban J connectivity index is 2.46. The van der Waals surface area contributed by atoms with E-state index in [9.17, 15) is 0 Å². The normalized spacial score (nSPS) is 25.9. The van der Waals surface area contributed by atoms with Crippen molar-refractivity contribution >= 4 is 0 Å². The zero-order chi connectivity index (χ0) is 9.90. The molecule has 0 bridgehead atoms. The molecular formula is C11H22N2. The number of hydrogen-bond donors (Lipinski definition) is 1. The van der Waals surface area contributed by atoms with Gasteiger partial charge in [0.25, 0.3) is 0 Å². The lowest BCUT2D eigenvalue weighted by Crippen LogP contribution is -2.55. The van der Waals surface area contributed by atoms with E-state index in [1.165, 1.54) is 0 Å². The molecule has 0 aromatic heterocycles. The lowest BCUT2D eigenvalue weighted by Gasteiger charge is -2.40. The quantitative estimate of drug-likeness (QED) is 0.651. The van der Waals surface area contributed by atoms with Crippen molar-refractivity contribution in [3.63, 3.8) is 0 Å². The van der Waals surface area contributed by atoms with Gasteiger partial charge in [-0.25, -0.2) is 0 Å². The van der Waals surface area contributed by atoms with Gasteiger partial charge in [0.05, 0.1) is 0 Å².